The molecule has 1 aromatic heterocycles. The van der Waals surface area contributed by atoms with Crippen LogP contribution in [0, 0.1) is 6.92 Å². The lowest BCUT2D eigenvalue weighted by Crippen LogP contribution is -2.12. The van der Waals surface area contributed by atoms with Gasteiger partial charge in [0, 0.05) is 7.11 Å². The second-order valence-corrected chi connectivity index (χ2v) is 3.63. The van der Waals surface area contributed by atoms with Crippen LogP contribution in [0.15, 0.2) is 30.3 Å². The molecule has 0 spiro atoms. The highest BCUT2D eigenvalue weighted by Gasteiger charge is 2.17. The Bertz CT molecular complexity index is 481. The summed E-state index contributed by atoms with van der Waals surface area (Å²) in [4.78, 5) is 12.3. The number of ether oxygens (including phenoxy) is 1. The van der Waals surface area contributed by atoms with Gasteiger partial charge < -0.3 is 10.5 Å². The minimum atomic E-state index is -0.319. The van der Waals surface area contributed by atoms with Crippen molar-refractivity contribution in [2.45, 2.75) is 13.0 Å². The molecule has 0 saturated carbocycles. The summed E-state index contributed by atoms with van der Waals surface area (Å²) in [5.41, 5.74) is 6.60. The van der Waals surface area contributed by atoms with Gasteiger partial charge in [-0.1, -0.05) is 30.3 Å². The summed E-state index contributed by atoms with van der Waals surface area (Å²) in [5, 5.41) is 0. The smallest absolute Gasteiger partial charge is 0.223 e. The molecule has 0 radical (unpaired) electrons. The lowest BCUT2D eigenvalue weighted by molar-refractivity contribution is 0.128. The van der Waals surface area contributed by atoms with Crippen molar-refractivity contribution in [2.24, 2.45) is 0 Å². The van der Waals surface area contributed by atoms with E-state index in [1.54, 1.807) is 14.0 Å². The average molecular weight is 230 g/mol. The zero-order valence-electron chi connectivity index (χ0n) is 9.79. The number of methoxy groups -OCH3 is 1. The summed E-state index contributed by atoms with van der Waals surface area (Å²) < 4.78 is 5.42. The summed E-state index contributed by atoms with van der Waals surface area (Å²) in [6.07, 6.45) is -0.319. The summed E-state index contributed by atoms with van der Waals surface area (Å²) in [6, 6.07) is 9.76. The number of aromatic nitrogens is 3. The fourth-order valence-corrected chi connectivity index (χ4v) is 1.66. The number of nitrogens with two attached hydrogens (primary N) is 1. The molecule has 0 saturated heterocycles. The Morgan fingerprint density at radius 3 is 2.41 bits per heavy atom. The van der Waals surface area contributed by atoms with E-state index in [0.717, 1.165) is 5.56 Å². The van der Waals surface area contributed by atoms with E-state index in [-0.39, 0.29) is 12.1 Å². The molecule has 0 amide bonds. The molecule has 1 atom stereocenters. The minimum Gasteiger partial charge on any atom is -0.369 e. The Morgan fingerprint density at radius 2 is 1.82 bits per heavy atom. The van der Waals surface area contributed by atoms with Gasteiger partial charge in [0.2, 0.25) is 5.95 Å². The maximum absolute atomic E-state index is 5.61. The van der Waals surface area contributed by atoms with Crippen LogP contribution in [-0.4, -0.2) is 22.1 Å². The number of anilines is 1. The molecule has 0 aliphatic carbocycles. The first-order chi connectivity index (χ1) is 8.20. The number of rotatable bonds is 3. The predicted molar refractivity (Wildman–Crippen MR) is 64.3 cm³/mol. The molecule has 0 fully saturated rings. The fourth-order valence-electron chi connectivity index (χ4n) is 1.66. The Labute approximate surface area is 99.7 Å². The van der Waals surface area contributed by atoms with E-state index < -0.39 is 0 Å². The molecule has 1 heterocycles. The first-order valence-electron chi connectivity index (χ1n) is 5.26. The van der Waals surface area contributed by atoms with Crippen LogP contribution >= 0.6 is 0 Å². The molecule has 0 aliphatic heterocycles. The Hall–Kier alpha value is -2.01. The van der Waals surface area contributed by atoms with Crippen molar-refractivity contribution in [3.05, 3.63) is 47.5 Å². The molecule has 1 aromatic carbocycles. The third kappa shape index (κ3) is 2.57. The molecule has 2 N–H and O–H groups in total. The van der Waals surface area contributed by atoms with Crippen molar-refractivity contribution < 1.29 is 4.74 Å². The number of aryl methyl sites for hydroxylation is 1. The van der Waals surface area contributed by atoms with Crippen LogP contribution in [0.2, 0.25) is 0 Å². The first-order valence-corrected chi connectivity index (χ1v) is 5.26. The van der Waals surface area contributed by atoms with Crippen molar-refractivity contribution in [2.75, 3.05) is 12.8 Å². The minimum absolute atomic E-state index is 0.213. The van der Waals surface area contributed by atoms with Gasteiger partial charge in [-0.3, -0.25) is 0 Å². The molecule has 5 heteroatoms. The van der Waals surface area contributed by atoms with E-state index in [0.29, 0.717) is 11.6 Å². The van der Waals surface area contributed by atoms with E-state index >= 15 is 0 Å². The van der Waals surface area contributed by atoms with Crippen LogP contribution in [0.1, 0.15) is 23.3 Å². The molecule has 17 heavy (non-hydrogen) atoms. The predicted octanol–water partition coefficient (Wildman–Crippen LogP) is 1.50. The monoisotopic (exact) mass is 230 g/mol. The average Bonchev–Trinajstić information content (AvgIpc) is 2.30. The summed E-state index contributed by atoms with van der Waals surface area (Å²) >= 11 is 0. The van der Waals surface area contributed by atoms with E-state index in [9.17, 15) is 0 Å². The molecular formula is C12H14N4O. The van der Waals surface area contributed by atoms with Gasteiger partial charge in [0.15, 0.2) is 5.82 Å². The van der Waals surface area contributed by atoms with Gasteiger partial charge in [-0.05, 0) is 12.5 Å². The molecule has 2 aromatic rings. The van der Waals surface area contributed by atoms with E-state index in [1.807, 2.05) is 30.3 Å². The van der Waals surface area contributed by atoms with Gasteiger partial charge >= 0.3 is 0 Å². The third-order valence-corrected chi connectivity index (χ3v) is 2.35. The third-order valence-electron chi connectivity index (χ3n) is 2.35. The summed E-state index contributed by atoms with van der Waals surface area (Å²) in [5.74, 6) is 1.33. The maximum Gasteiger partial charge on any atom is 0.223 e. The molecular weight excluding hydrogens is 216 g/mol. The number of nitrogen functional groups attached to an aromatic ring is 1. The van der Waals surface area contributed by atoms with E-state index in [1.165, 1.54) is 0 Å². The molecule has 2 rings (SSSR count). The highest BCUT2D eigenvalue weighted by Crippen LogP contribution is 2.22. The SMILES string of the molecule is COC(c1ccccc1)c1nc(C)nc(N)n1. The highest BCUT2D eigenvalue weighted by molar-refractivity contribution is 5.25. The van der Waals surface area contributed by atoms with Crippen molar-refractivity contribution in [1.29, 1.82) is 0 Å². The molecule has 0 bridgehead atoms. The normalized spacial score (nSPS) is 12.4. The number of hydrogen-bond donors (Lipinski definition) is 1. The fraction of sp³-hybridized carbons (Fsp3) is 0.250. The summed E-state index contributed by atoms with van der Waals surface area (Å²) in [7, 11) is 1.62. The second-order valence-electron chi connectivity index (χ2n) is 3.63. The van der Waals surface area contributed by atoms with Crippen molar-refractivity contribution in [1.82, 2.24) is 15.0 Å². The van der Waals surface area contributed by atoms with Crippen LogP contribution in [0.25, 0.3) is 0 Å². The zero-order valence-corrected chi connectivity index (χ0v) is 9.79. The van der Waals surface area contributed by atoms with Crippen LogP contribution in [0.4, 0.5) is 5.95 Å². The molecule has 5 nitrogen and oxygen atoms in total. The number of benzene rings is 1. The standard InChI is InChI=1S/C12H14N4O/c1-8-14-11(16-12(13)15-8)10(17-2)9-6-4-3-5-7-9/h3-7,10H,1-2H3,(H2,13,14,15,16). The quantitative estimate of drug-likeness (QED) is 0.864. The lowest BCUT2D eigenvalue weighted by atomic mass is 10.1. The van der Waals surface area contributed by atoms with Gasteiger partial charge in [0.1, 0.15) is 11.9 Å². The topological polar surface area (TPSA) is 73.9 Å². The number of nitrogens with zero attached hydrogens (tertiary/aromatic N) is 3. The van der Waals surface area contributed by atoms with Crippen LogP contribution in [0.3, 0.4) is 0 Å². The second kappa shape index (κ2) is 4.88. The summed E-state index contributed by atoms with van der Waals surface area (Å²) in [6.45, 7) is 1.78. The van der Waals surface area contributed by atoms with Crippen LogP contribution in [-0.2, 0) is 4.74 Å². The maximum atomic E-state index is 5.61. The highest BCUT2D eigenvalue weighted by atomic mass is 16.5. The molecule has 0 aliphatic rings. The Morgan fingerprint density at radius 1 is 1.12 bits per heavy atom. The Kier molecular flexibility index (Phi) is 3.30. The molecule has 88 valence electrons. The zero-order chi connectivity index (χ0) is 12.3. The van der Waals surface area contributed by atoms with Gasteiger partial charge in [0.25, 0.3) is 0 Å². The Balaban J connectivity index is 2.42. The number of hydrogen-bond acceptors (Lipinski definition) is 5. The van der Waals surface area contributed by atoms with Crippen molar-refractivity contribution in [3.63, 3.8) is 0 Å². The van der Waals surface area contributed by atoms with Crippen LogP contribution in [0.5, 0.6) is 0 Å². The largest absolute Gasteiger partial charge is 0.369 e. The van der Waals surface area contributed by atoms with Gasteiger partial charge in [-0.25, -0.2) is 4.98 Å². The van der Waals surface area contributed by atoms with Crippen molar-refractivity contribution in [3.8, 4) is 0 Å². The van der Waals surface area contributed by atoms with Gasteiger partial charge in [-0.2, -0.15) is 9.97 Å². The molecule has 1 unspecified atom stereocenters. The van der Waals surface area contributed by atoms with Crippen molar-refractivity contribution >= 4 is 5.95 Å². The van der Waals surface area contributed by atoms with Gasteiger partial charge in [0.05, 0.1) is 0 Å². The van der Waals surface area contributed by atoms with E-state index in [2.05, 4.69) is 15.0 Å². The van der Waals surface area contributed by atoms with Gasteiger partial charge in [-0.15, -0.1) is 0 Å². The van der Waals surface area contributed by atoms with Crippen LogP contribution < -0.4 is 5.73 Å². The first kappa shape index (κ1) is 11.5. The van der Waals surface area contributed by atoms with E-state index in [4.69, 9.17) is 10.5 Å². The lowest BCUT2D eigenvalue weighted by Gasteiger charge is -2.14.